The van der Waals surface area contributed by atoms with Gasteiger partial charge in [0.2, 0.25) is 0 Å². The van der Waals surface area contributed by atoms with Gasteiger partial charge in [-0.25, -0.2) is 0 Å². The van der Waals surface area contributed by atoms with Crippen LogP contribution in [0.2, 0.25) is 0 Å². The maximum atomic E-state index is 12.4. The molecule has 2 atom stereocenters. The minimum absolute atomic E-state index is 0.0700. The minimum atomic E-state index is -0.575. The molecule has 23 heavy (non-hydrogen) atoms. The number of benzene rings is 1. The summed E-state index contributed by atoms with van der Waals surface area (Å²) in [4.78, 5) is 12.4. The number of carbonyl (C=O) groups excluding carboxylic acids is 1. The Morgan fingerprint density at radius 1 is 1.26 bits per heavy atom. The number of amides is 1. The number of hydrogen-bond acceptors (Lipinski definition) is 5. The number of aliphatic hydroxyl groups excluding tert-OH is 1. The molecule has 1 aliphatic heterocycles. The average molecular weight is 353 g/mol. The van der Waals surface area contributed by atoms with Gasteiger partial charge in [-0.1, -0.05) is 52.0 Å². The predicted molar refractivity (Wildman–Crippen MR) is 99.6 cm³/mol. The van der Waals surface area contributed by atoms with E-state index in [1.54, 1.807) is 11.8 Å². The molecule has 0 spiro atoms. The minimum Gasteiger partial charge on any atom is -0.494 e. The molecule has 1 aromatic carbocycles. The number of hydrogen-bond donors (Lipinski definition) is 4. The van der Waals surface area contributed by atoms with E-state index < -0.39 is 5.50 Å². The summed E-state index contributed by atoms with van der Waals surface area (Å²) in [6, 6.07) is 8.20. The summed E-state index contributed by atoms with van der Waals surface area (Å²) in [5.74, 6) is -0.391. The molecule has 1 heterocycles. The molecule has 1 amide bonds. The average Bonchev–Trinajstić information content (AvgIpc) is 2.44. The summed E-state index contributed by atoms with van der Waals surface area (Å²) in [6.07, 6.45) is 0.967. The third-order valence-corrected chi connectivity index (χ3v) is 5.17. The molecular formula is C17H24N2O2S2. The van der Waals surface area contributed by atoms with E-state index >= 15 is 0 Å². The number of aliphatic hydroxyl groups is 1. The zero-order valence-corrected chi connectivity index (χ0v) is 15.6. The molecule has 0 saturated heterocycles. The van der Waals surface area contributed by atoms with Crippen molar-refractivity contribution in [3.63, 3.8) is 0 Å². The zero-order valence-electron chi connectivity index (χ0n) is 13.9. The molecule has 0 bridgehead atoms. The predicted octanol–water partition coefficient (Wildman–Crippen LogP) is 3.52. The number of carbonyl (C=O) groups is 1. The van der Waals surface area contributed by atoms with Crippen molar-refractivity contribution in [3.05, 3.63) is 46.8 Å². The van der Waals surface area contributed by atoms with Crippen molar-refractivity contribution < 1.29 is 9.90 Å². The fourth-order valence-electron chi connectivity index (χ4n) is 2.37. The van der Waals surface area contributed by atoms with Gasteiger partial charge >= 0.3 is 0 Å². The fourth-order valence-corrected chi connectivity index (χ4v) is 3.95. The molecule has 4 nitrogen and oxygen atoms in total. The van der Waals surface area contributed by atoms with Crippen molar-refractivity contribution in [2.75, 3.05) is 0 Å². The lowest BCUT2D eigenvalue weighted by molar-refractivity contribution is -0.118. The highest BCUT2D eigenvalue weighted by molar-refractivity contribution is 8.01. The molecule has 0 aromatic heterocycles. The maximum absolute atomic E-state index is 12.4. The molecule has 126 valence electrons. The van der Waals surface area contributed by atoms with E-state index in [2.05, 4.69) is 63.1 Å². The van der Waals surface area contributed by atoms with Gasteiger partial charge in [0.25, 0.3) is 5.91 Å². The van der Waals surface area contributed by atoms with Crippen molar-refractivity contribution in [1.29, 1.82) is 0 Å². The molecule has 0 aliphatic carbocycles. The Kier molecular flexibility index (Phi) is 5.57. The van der Waals surface area contributed by atoms with E-state index in [1.807, 2.05) is 12.1 Å². The van der Waals surface area contributed by atoms with Crippen LogP contribution in [0.1, 0.15) is 44.1 Å². The summed E-state index contributed by atoms with van der Waals surface area (Å²) in [5, 5.41) is 15.5. The standard InChI is InChI=1S/C17H24N2O2S2/c1-5-10-6-8-11(9-7-10)13(23-17(2,3)4)12-14(20)18-16(22)19-15(12)21/h6-9,13,16,18,20,22H,5H2,1-4H3,(H,19,21). The Bertz CT molecular complexity index is 606. The number of nitrogens with one attached hydrogen (secondary N) is 2. The van der Waals surface area contributed by atoms with Crippen LogP contribution in [0.5, 0.6) is 0 Å². The lowest BCUT2D eigenvalue weighted by Gasteiger charge is -2.31. The lowest BCUT2D eigenvalue weighted by Crippen LogP contribution is -2.48. The number of aryl methyl sites for hydroxylation is 1. The summed E-state index contributed by atoms with van der Waals surface area (Å²) >= 11 is 5.78. The summed E-state index contributed by atoms with van der Waals surface area (Å²) in [6.45, 7) is 8.39. The summed E-state index contributed by atoms with van der Waals surface area (Å²) in [5.41, 5.74) is 2.01. The van der Waals surface area contributed by atoms with Gasteiger partial charge in [-0.2, -0.15) is 0 Å². The Hall–Kier alpha value is -1.27. The van der Waals surface area contributed by atoms with Crippen LogP contribution < -0.4 is 10.6 Å². The number of thioether (sulfide) groups is 1. The van der Waals surface area contributed by atoms with Crippen molar-refractivity contribution >= 4 is 30.3 Å². The fraction of sp³-hybridized carbons (Fsp3) is 0.471. The second-order valence-electron chi connectivity index (χ2n) is 6.49. The third-order valence-electron chi connectivity index (χ3n) is 3.47. The zero-order chi connectivity index (χ0) is 17.2. The van der Waals surface area contributed by atoms with E-state index in [1.165, 1.54) is 5.56 Å². The lowest BCUT2D eigenvalue weighted by atomic mass is 10.0. The van der Waals surface area contributed by atoms with Crippen LogP contribution in [0, 0.1) is 0 Å². The van der Waals surface area contributed by atoms with Gasteiger partial charge in [-0.05, 0) is 17.5 Å². The summed E-state index contributed by atoms with van der Waals surface area (Å²) in [7, 11) is 0. The Labute approximate surface area is 147 Å². The molecule has 2 unspecified atom stereocenters. The molecule has 2 rings (SSSR count). The van der Waals surface area contributed by atoms with Crippen LogP contribution in [0.25, 0.3) is 0 Å². The van der Waals surface area contributed by atoms with E-state index in [4.69, 9.17) is 0 Å². The molecule has 1 aliphatic rings. The van der Waals surface area contributed by atoms with Crippen molar-refractivity contribution in [3.8, 4) is 0 Å². The molecular weight excluding hydrogens is 328 g/mol. The highest BCUT2D eigenvalue weighted by Gasteiger charge is 2.34. The Morgan fingerprint density at radius 2 is 1.87 bits per heavy atom. The SMILES string of the molecule is CCc1ccc(C(SC(C)(C)C)C2=C(O)NC(S)NC2=O)cc1. The molecule has 0 radical (unpaired) electrons. The molecule has 0 fully saturated rings. The van der Waals surface area contributed by atoms with Crippen LogP contribution in [0.15, 0.2) is 35.7 Å². The first-order chi connectivity index (χ1) is 10.7. The van der Waals surface area contributed by atoms with Crippen molar-refractivity contribution in [2.45, 2.75) is 49.6 Å². The highest BCUT2D eigenvalue weighted by atomic mass is 32.2. The van der Waals surface area contributed by atoms with E-state index in [-0.39, 0.29) is 21.8 Å². The Balaban J connectivity index is 2.45. The van der Waals surface area contributed by atoms with E-state index in [0.29, 0.717) is 5.57 Å². The Morgan fingerprint density at radius 3 is 2.35 bits per heavy atom. The first kappa shape index (κ1) is 18.1. The molecule has 1 aromatic rings. The topological polar surface area (TPSA) is 61.4 Å². The van der Waals surface area contributed by atoms with Gasteiger partial charge < -0.3 is 15.7 Å². The van der Waals surface area contributed by atoms with Crippen LogP contribution >= 0.6 is 24.4 Å². The quantitative estimate of drug-likeness (QED) is 0.626. The van der Waals surface area contributed by atoms with E-state index in [0.717, 1.165) is 12.0 Å². The van der Waals surface area contributed by atoms with Gasteiger partial charge in [0.1, 0.15) is 5.50 Å². The van der Waals surface area contributed by atoms with Crippen LogP contribution in [0.4, 0.5) is 0 Å². The highest BCUT2D eigenvalue weighted by Crippen LogP contribution is 2.44. The molecule has 6 heteroatoms. The largest absolute Gasteiger partial charge is 0.494 e. The van der Waals surface area contributed by atoms with Gasteiger partial charge in [0.05, 0.1) is 10.8 Å². The smallest absolute Gasteiger partial charge is 0.256 e. The normalized spacial score (nSPS) is 20.0. The summed E-state index contributed by atoms with van der Waals surface area (Å²) < 4.78 is -0.0700. The molecule has 0 saturated carbocycles. The third kappa shape index (κ3) is 4.61. The second-order valence-corrected chi connectivity index (χ2v) is 8.94. The van der Waals surface area contributed by atoms with Crippen molar-refractivity contribution in [1.82, 2.24) is 10.6 Å². The second kappa shape index (κ2) is 7.09. The van der Waals surface area contributed by atoms with Gasteiger partial charge in [-0.15, -0.1) is 24.4 Å². The van der Waals surface area contributed by atoms with Crippen LogP contribution in [-0.4, -0.2) is 21.3 Å². The number of rotatable bonds is 4. The first-order valence-corrected chi connectivity index (χ1v) is 9.06. The van der Waals surface area contributed by atoms with E-state index in [9.17, 15) is 9.90 Å². The first-order valence-electron chi connectivity index (χ1n) is 7.66. The van der Waals surface area contributed by atoms with Crippen LogP contribution in [0.3, 0.4) is 0 Å². The monoisotopic (exact) mass is 352 g/mol. The van der Waals surface area contributed by atoms with Crippen molar-refractivity contribution in [2.24, 2.45) is 0 Å². The van der Waals surface area contributed by atoms with Gasteiger partial charge in [0.15, 0.2) is 5.88 Å². The number of thiol groups is 1. The van der Waals surface area contributed by atoms with Gasteiger partial charge in [-0.3, -0.25) is 4.79 Å². The maximum Gasteiger partial charge on any atom is 0.256 e. The molecule has 3 N–H and O–H groups in total. The van der Waals surface area contributed by atoms with Crippen LogP contribution in [-0.2, 0) is 11.2 Å². The van der Waals surface area contributed by atoms with Gasteiger partial charge in [0, 0.05) is 4.75 Å².